The SMILES string of the molecule is CCOCCS(=O)(=O)c1ccccc1F. The zero-order chi connectivity index (χ0) is 11.3. The van der Waals surface area contributed by atoms with Crippen LogP contribution in [0.25, 0.3) is 0 Å². The summed E-state index contributed by atoms with van der Waals surface area (Å²) >= 11 is 0. The standard InChI is InChI=1S/C10H13FO3S/c1-2-14-7-8-15(12,13)10-6-4-3-5-9(10)11/h3-6H,2,7-8H2,1H3. The van der Waals surface area contributed by atoms with E-state index in [1.165, 1.54) is 18.2 Å². The number of hydrogen-bond donors (Lipinski definition) is 0. The third-order valence-electron chi connectivity index (χ3n) is 1.87. The van der Waals surface area contributed by atoms with Crippen molar-refractivity contribution in [3.63, 3.8) is 0 Å². The first kappa shape index (κ1) is 12.1. The van der Waals surface area contributed by atoms with Crippen LogP contribution in [0.4, 0.5) is 4.39 Å². The quantitative estimate of drug-likeness (QED) is 0.725. The lowest BCUT2D eigenvalue weighted by Crippen LogP contribution is -2.13. The Labute approximate surface area is 88.8 Å². The summed E-state index contributed by atoms with van der Waals surface area (Å²) in [6.45, 7) is 2.32. The molecule has 0 amide bonds. The Kier molecular flexibility index (Phi) is 4.23. The third kappa shape index (κ3) is 3.28. The molecule has 0 bridgehead atoms. The largest absolute Gasteiger partial charge is 0.381 e. The number of rotatable bonds is 5. The maximum Gasteiger partial charge on any atom is 0.183 e. The molecule has 0 atom stereocenters. The molecule has 3 nitrogen and oxygen atoms in total. The van der Waals surface area contributed by atoms with Crippen molar-refractivity contribution < 1.29 is 17.5 Å². The Balaban J connectivity index is 2.83. The van der Waals surface area contributed by atoms with Crippen molar-refractivity contribution in [1.82, 2.24) is 0 Å². The molecular formula is C10H13FO3S. The molecule has 0 aliphatic rings. The van der Waals surface area contributed by atoms with E-state index in [0.29, 0.717) is 6.61 Å². The van der Waals surface area contributed by atoms with Crippen molar-refractivity contribution in [2.45, 2.75) is 11.8 Å². The fourth-order valence-electron chi connectivity index (χ4n) is 1.12. The Morgan fingerprint density at radius 3 is 2.60 bits per heavy atom. The molecule has 0 N–H and O–H groups in total. The van der Waals surface area contributed by atoms with Crippen molar-refractivity contribution in [3.05, 3.63) is 30.1 Å². The lowest BCUT2D eigenvalue weighted by molar-refractivity contribution is 0.163. The first-order valence-corrected chi connectivity index (χ1v) is 6.28. The lowest BCUT2D eigenvalue weighted by atomic mass is 10.3. The fraction of sp³-hybridized carbons (Fsp3) is 0.400. The molecule has 0 unspecified atom stereocenters. The second kappa shape index (κ2) is 5.23. The molecule has 5 heteroatoms. The van der Waals surface area contributed by atoms with Crippen LogP contribution in [-0.2, 0) is 14.6 Å². The Bertz CT molecular complexity index is 414. The van der Waals surface area contributed by atoms with Crippen LogP contribution in [0.15, 0.2) is 29.2 Å². The lowest BCUT2D eigenvalue weighted by Gasteiger charge is -2.05. The van der Waals surface area contributed by atoms with Crippen molar-refractivity contribution in [3.8, 4) is 0 Å². The van der Waals surface area contributed by atoms with Gasteiger partial charge in [-0.2, -0.15) is 0 Å². The van der Waals surface area contributed by atoms with Crippen LogP contribution >= 0.6 is 0 Å². The van der Waals surface area contributed by atoms with Crippen LogP contribution in [0.1, 0.15) is 6.92 Å². The average molecular weight is 232 g/mol. The van der Waals surface area contributed by atoms with E-state index in [1.807, 2.05) is 0 Å². The van der Waals surface area contributed by atoms with E-state index in [-0.39, 0.29) is 17.3 Å². The summed E-state index contributed by atoms with van der Waals surface area (Å²) < 4.78 is 41.3. The molecule has 0 aromatic heterocycles. The summed E-state index contributed by atoms with van der Waals surface area (Å²) in [5.41, 5.74) is 0. The summed E-state index contributed by atoms with van der Waals surface area (Å²) in [7, 11) is -3.56. The van der Waals surface area contributed by atoms with E-state index in [2.05, 4.69) is 0 Å². The third-order valence-corrected chi connectivity index (χ3v) is 3.58. The molecule has 15 heavy (non-hydrogen) atoms. The van der Waals surface area contributed by atoms with Gasteiger partial charge in [0.15, 0.2) is 9.84 Å². The first-order valence-electron chi connectivity index (χ1n) is 4.63. The van der Waals surface area contributed by atoms with Crippen molar-refractivity contribution in [2.75, 3.05) is 19.0 Å². The van der Waals surface area contributed by atoms with Crippen LogP contribution in [0.2, 0.25) is 0 Å². The van der Waals surface area contributed by atoms with Crippen LogP contribution < -0.4 is 0 Å². The van der Waals surface area contributed by atoms with Crippen molar-refractivity contribution in [2.24, 2.45) is 0 Å². The van der Waals surface area contributed by atoms with Gasteiger partial charge in [-0.1, -0.05) is 12.1 Å². The minimum absolute atomic E-state index is 0.0904. The Morgan fingerprint density at radius 2 is 2.00 bits per heavy atom. The van der Waals surface area contributed by atoms with E-state index < -0.39 is 15.7 Å². The minimum atomic E-state index is -3.56. The molecular weight excluding hydrogens is 219 g/mol. The summed E-state index contributed by atoms with van der Waals surface area (Å²) in [5.74, 6) is -0.907. The molecule has 0 heterocycles. The van der Waals surface area contributed by atoms with Gasteiger partial charge in [0.1, 0.15) is 10.7 Å². The summed E-state index contributed by atoms with van der Waals surface area (Å²) in [6.07, 6.45) is 0. The molecule has 84 valence electrons. The molecule has 1 aromatic rings. The summed E-state index contributed by atoms with van der Waals surface area (Å²) in [4.78, 5) is -0.260. The number of benzene rings is 1. The van der Waals surface area contributed by atoms with Gasteiger partial charge in [0.05, 0.1) is 12.4 Å². The van der Waals surface area contributed by atoms with E-state index >= 15 is 0 Å². The predicted molar refractivity (Wildman–Crippen MR) is 54.9 cm³/mol. The van der Waals surface area contributed by atoms with Gasteiger partial charge in [-0.25, -0.2) is 12.8 Å². The number of sulfone groups is 1. The Morgan fingerprint density at radius 1 is 1.33 bits per heavy atom. The van der Waals surface area contributed by atoms with E-state index in [9.17, 15) is 12.8 Å². The second-order valence-corrected chi connectivity index (χ2v) is 5.02. The monoisotopic (exact) mass is 232 g/mol. The summed E-state index contributed by atoms with van der Waals surface area (Å²) in [6, 6.07) is 5.34. The highest BCUT2D eigenvalue weighted by atomic mass is 32.2. The van der Waals surface area contributed by atoms with Gasteiger partial charge in [0.2, 0.25) is 0 Å². The van der Waals surface area contributed by atoms with Gasteiger partial charge in [0.25, 0.3) is 0 Å². The highest BCUT2D eigenvalue weighted by Gasteiger charge is 2.17. The second-order valence-electron chi connectivity index (χ2n) is 2.95. The van der Waals surface area contributed by atoms with Crippen LogP contribution in [-0.4, -0.2) is 27.4 Å². The predicted octanol–water partition coefficient (Wildman–Crippen LogP) is 1.64. The van der Waals surface area contributed by atoms with Crippen LogP contribution in [0.3, 0.4) is 0 Å². The van der Waals surface area contributed by atoms with Gasteiger partial charge < -0.3 is 4.74 Å². The zero-order valence-corrected chi connectivity index (χ0v) is 9.26. The highest BCUT2D eigenvalue weighted by molar-refractivity contribution is 7.91. The molecule has 0 fully saturated rings. The fourth-order valence-corrected chi connectivity index (χ4v) is 2.33. The van der Waals surface area contributed by atoms with Crippen molar-refractivity contribution >= 4 is 9.84 Å². The average Bonchev–Trinajstić information content (AvgIpc) is 2.18. The van der Waals surface area contributed by atoms with E-state index in [4.69, 9.17) is 4.74 Å². The van der Waals surface area contributed by atoms with Gasteiger partial charge in [-0.05, 0) is 19.1 Å². The van der Waals surface area contributed by atoms with Gasteiger partial charge in [-0.3, -0.25) is 0 Å². The van der Waals surface area contributed by atoms with Crippen LogP contribution in [0.5, 0.6) is 0 Å². The smallest absolute Gasteiger partial charge is 0.183 e. The number of ether oxygens (including phenoxy) is 1. The molecule has 1 aromatic carbocycles. The molecule has 0 aliphatic carbocycles. The maximum absolute atomic E-state index is 13.2. The first-order chi connectivity index (χ1) is 7.08. The van der Waals surface area contributed by atoms with Gasteiger partial charge in [0, 0.05) is 6.61 Å². The number of halogens is 1. The van der Waals surface area contributed by atoms with E-state index in [0.717, 1.165) is 6.07 Å². The Hall–Kier alpha value is -0.940. The highest BCUT2D eigenvalue weighted by Crippen LogP contribution is 2.14. The minimum Gasteiger partial charge on any atom is -0.381 e. The molecule has 0 spiro atoms. The normalized spacial score (nSPS) is 11.6. The van der Waals surface area contributed by atoms with Crippen LogP contribution in [0, 0.1) is 5.82 Å². The van der Waals surface area contributed by atoms with Gasteiger partial charge >= 0.3 is 0 Å². The van der Waals surface area contributed by atoms with E-state index in [1.54, 1.807) is 6.92 Å². The topological polar surface area (TPSA) is 43.4 Å². The molecule has 0 saturated carbocycles. The molecule has 0 aliphatic heterocycles. The summed E-state index contributed by atoms with van der Waals surface area (Å²) in [5, 5.41) is 0. The zero-order valence-electron chi connectivity index (χ0n) is 8.44. The molecule has 0 saturated heterocycles. The molecule has 1 rings (SSSR count). The maximum atomic E-state index is 13.2. The molecule has 0 radical (unpaired) electrons. The van der Waals surface area contributed by atoms with Crippen molar-refractivity contribution in [1.29, 1.82) is 0 Å². The number of hydrogen-bond acceptors (Lipinski definition) is 3. The van der Waals surface area contributed by atoms with Gasteiger partial charge in [-0.15, -0.1) is 0 Å².